The molecule has 0 aliphatic carbocycles. The van der Waals surface area contributed by atoms with E-state index in [2.05, 4.69) is 31.4 Å². The maximum absolute atomic E-state index is 11.4. The van der Waals surface area contributed by atoms with Gasteiger partial charge in [0.15, 0.2) is 0 Å². The third-order valence-corrected chi connectivity index (χ3v) is 5.48. The fourth-order valence-electron chi connectivity index (χ4n) is 3.74. The summed E-state index contributed by atoms with van der Waals surface area (Å²) >= 11 is 0. The molecule has 2 heterocycles. The minimum Gasteiger partial charge on any atom is -0.491 e. The molecule has 1 aromatic heterocycles. The maximum atomic E-state index is 11.4. The molecule has 0 atom stereocenters. The number of nitrogens with zero attached hydrogens (tertiary/aromatic N) is 3. The monoisotopic (exact) mass is 445 g/mol. The van der Waals surface area contributed by atoms with Crippen molar-refractivity contribution in [3.8, 4) is 18.1 Å². The van der Waals surface area contributed by atoms with Crippen LogP contribution in [0.15, 0.2) is 42.7 Å². The number of fused-ring (bicyclic) bond motifs is 1. The van der Waals surface area contributed by atoms with Crippen molar-refractivity contribution in [3.05, 3.63) is 48.3 Å². The number of anilines is 3. The molecule has 33 heavy (non-hydrogen) atoms. The minimum atomic E-state index is -0.124. The number of benzene rings is 2. The van der Waals surface area contributed by atoms with Gasteiger partial charge in [0.05, 0.1) is 24.2 Å². The molecule has 0 bridgehead atoms. The van der Waals surface area contributed by atoms with E-state index in [4.69, 9.17) is 15.9 Å². The van der Waals surface area contributed by atoms with E-state index < -0.39 is 0 Å². The number of rotatable bonds is 8. The maximum Gasteiger partial charge on any atom is 0.307 e. The molecule has 0 spiro atoms. The third-order valence-electron chi connectivity index (χ3n) is 5.48. The van der Waals surface area contributed by atoms with Gasteiger partial charge in [-0.25, -0.2) is 9.97 Å². The van der Waals surface area contributed by atoms with Crippen LogP contribution in [-0.2, 0) is 9.53 Å². The smallest absolute Gasteiger partial charge is 0.307 e. The highest BCUT2D eigenvalue weighted by atomic mass is 16.5. The molecule has 1 saturated heterocycles. The van der Waals surface area contributed by atoms with Gasteiger partial charge in [-0.3, -0.25) is 9.69 Å². The van der Waals surface area contributed by atoms with Crippen LogP contribution in [0.25, 0.3) is 10.9 Å². The SMILES string of the molecule is C#Cc1cccc(Nc2ncnc3cc(NC)c(OCCCN4CCOC(=O)CC4)cc23)c1. The lowest BCUT2D eigenvalue weighted by Crippen LogP contribution is -2.28. The molecule has 0 radical (unpaired) electrons. The first-order valence-electron chi connectivity index (χ1n) is 11.0. The number of carbonyl (C=O) groups excluding carboxylic acids is 1. The van der Waals surface area contributed by atoms with Crippen molar-refractivity contribution in [1.82, 2.24) is 14.9 Å². The molecule has 3 aromatic rings. The first-order valence-corrected chi connectivity index (χ1v) is 11.0. The number of aromatic nitrogens is 2. The zero-order valence-corrected chi connectivity index (χ0v) is 18.6. The highest BCUT2D eigenvalue weighted by Gasteiger charge is 2.15. The van der Waals surface area contributed by atoms with E-state index in [9.17, 15) is 4.79 Å². The summed E-state index contributed by atoms with van der Waals surface area (Å²) < 4.78 is 11.2. The summed E-state index contributed by atoms with van der Waals surface area (Å²) in [5.74, 6) is 3.93. The topological polar surface area (TPSA) is 88.6 Å². The van der Waals surface area contributed by atoms with E-state index in [1.807, 2.05) is 43.4 Å². The van der Waals surface area contributed by atoms with E-state index in [0.29, 0.717) is 25.5 Å². The van der Waals surface area contributed by atoms with Crippen LogP contribution in [0.1, 0.15) is 18.4 Å². The number of hydrogen-bond donors (Lipinski definition) is 2. The molecular formula is C25H27N5O3. The molecule has 8 heteroatoms. The molecule has 4 rings (SSSR count). The molecule has 1 aliphatic rings. The number of carbonyl (C=O) groups is 1. The van der Waals surface area contributed by atoms with Crippen LogP contribution < -0.4 is 15.4 Å². The Bertz CT molecular complexity index is 1170. The fourth-order valence-corrected chi connectivity index (χ4v) is 3.74. The predicted octanol–water partition coefficient (Wildman–Crippen LogP) is 3.41. The van der Waals surface area contributed by atoms with E-state index in [-0.39, 0.29) is 5.97 Å². The van der Waals surface area contributed by atoms with Gasteiger partial charge in [-0.2, -0.15) is 0 Å². The Hall–Kier alpha value is -3.83. The first kappa shape index (κ1) is 22.4. The summed E-state index contributed by atoms with van der Waals surface area (Å²) in [5, 5.41) is 7.37. The molecule has 170 valence electrons. The molecule has 1 aliphatic heterocycles. The zero-order valence-electron chi connectivity index (χ0n) is 18.6. The highest BCUT2D eigenvalue weighted by Crippen LogP contribution is 2.33. The van der Waals surface area contributed by atoms with Crippen LogP contribution in [0.5, 0.6) is 5.75 Å². The van der Waals surface area contributed by atoms with Gasteiger partial charge in [-0.15, -0.1) is 6.42 Å². The summed E-state index contributed by atoms with van der Waals surface area (Å²) in [6.07, 6.45) is 8.33. The number of esters is 1. The molecule has 0 unspecified atom stereocenters. The van der Waals surface area contributed by atoms with Crippen molar-refractivity contribution in [2.75, 3.05) is 50.5 Å². The molecule has 0 saturated carbocycles. The van der Waals surface area contributed by atoms with Crippen molar-refractivity contribution < 1.29 is 14.3 Å². The number of nitrogens with one attached hydrogen (secondary N) is 2. The van der Waals surface area contributed by atoms with Crippen LogP contribution in [0, 0.1) is 12.3 Å². The second kappa shape index (κ2) is 10.7. The van der Waals surface area contributed by atoms with E-state index in [0.717, 1.165) is 59.6 Å². The van der Waals surface area contributed by atoms with Crippen molar-refractivity contribution in [2.45, 2.75) is 12.8 Å². The Kier molecular flexibility index (Phi) is 7.22. The Morgan fingerprint density at radius 2 is 2.15 bits per heavy atom. The summed E-state index contributed by atoms with van der Waals surface area (Å²) in [7, 11) is 1.86. The van der Waals surface area contributed by atoms with Crippen molar-refractivity contribution in [3.63, 3.8) is 0 Å². The van der Waals surface area contributed by atoms with Crippen LogP contribution in [0.3, 0.4) is 0 Å². The van der Waals surface area contributed by atoms with E-state index >= 15 is 0 Å². The predicted molar refractivity (Wildman–Crippen MR) is 129 cm³/mol. The minimum absolute atomic E-state index is 0.124. The van der Waals surface area contributed by atoms with Gasteiger partial charge in [0.25, 0.3) is 0 Å². The van der Waals surface area contributed by atoms with Gasteiger partial charge in [-0.1, -0.05) is 12.0 Å². The van der Waals surface area contributed by atoms with Crippen LogP contribution in [0.2, 0.25) is 0 Å². The van der Waals surface area contributed by atoms with Crippen molar-refractivity contribution in [1.29, 1.82) is 0 Å². The summed E-state index contributed by atoms with van der Waals surface area (Å²) in [6, 6.07) is 11.5. The van der Waals surface area contributed by atoms with E-state index in [1.165, 1.54) is 6.33 Å². The Morgan fingerprint density at radius 1 is 1.24 bits per heavy atom. The average molecular weight is 446 g/mol. The van der Waals surface area contributed by atoms with Gasteiger partial charge in [0.1, 0.15) is 24.5 Å². The molecule has 8 nitrogen and oxygen atoms in total. The highest BCUT2D eigenvalue weighted by molar-refractivity contribution is 5.94. The zero-order chi connectivity index (χ0) is 23.0. The lowest BCUT2D eigenvalue weighted by Gasteiger charge is -2.19. The van der Waals surface area contributed by atoms with Crippen molar-refractivity contribution in [2.24, 2.45) is 0 Å². The standard InChI is InChI=1S/C25H27N5O3/c1-3-18-6-4-7-19(14-18)29-25-20-15-23(22(26-2)16-21(20)27-17-28-25)32-12-5-9-30-10-8-24(31)33-13-11-30/h1,4,6-7,14-17,26H,5,8-13H2,2H3,(H,27,28,29). The molecule has 0 amide bonds. The van der Waals surface area contributed by atoms with Gasteiger partial charge in [0, 0.05) is 43.3 Å². The lowest BCUT2D eigenvalue weighted by atomic mass is 10.1. The Morgan fingerprint density at radius 3 is 3.00 bits per heavy atom. The molecule has 2 aromatic carbocycles. The van der Waals surface area contributed by atoms with Crippen LogP contribution in [-0.4, -0.2) is 60.7 Å². The molecule has 2 N–H and O–H groups in total. The summed E-state index contributed by atoms with van der Waals surface area (Å²) in [6.45, 7) is 3.33. The first-order chi connectivity index (χ1) is 16.2. The Labute approximate surface area is 193 Å². The van der Waals surface area contributed by atoms with Gasteiger partial charge < -0.3 is 20.1 Å². The van der Waals surface area contributed by atoms with Crippen LogP contribution in [0.4, 0.5) is 17.2 Å². The number of ether oxygens (including phenoxy) is 2. The lowest BCUT2D eigenvalue weighted by molar-refractivity contribution is -0.142. The second-order valence-electron chi connectivity index (χ2n) is 7.70. The summed E-state index contributed by atoms with van der Waals surface area (Å²) in [4.78, 5) is 22.5. The van der Waals surface area contributed by atoms with Gasteiger partial charge >= 0.3 is 5.97 Å². The second-order valence-corrected chi connectivity index (χ2v) is 7.70. The third kappa shape index (κ3) is 5.70. The van der Waals surface area contributed by atoms with Gasteiger partial charge in [-0.05, 0) is 36.8 Å². The number of hydrogen-bond acceptors (Lipinski definition) is 8. The fraction of sp³-hybridized carbons (Fsp3) is 0.320. The normalized spacial score (nSPS) is 14.2. The number of terminal acetylenes is 1. The molecule has 1 fully saturated rings. The summed E-state index contributed by atoms with van der Waals surface area (Å²) in [5.41, 5.74) is 3.30. The largest absolute Gasteiger partial charge is 0.491 e. The van der Waals surface area contributed by atoms with E-state index in [1.54, 1.807) is 0 Å². The molecular weight excluding hydrogens is 418 g/mol. The van der Waals surface area contributed by atoms with Gasteiger partial charge in [0.2, 0.25) is 0 Å². The Balaban J connectivity index is 1.47. The number of cyclic esters (lactones) is 1. The van der Waals surface area contributed by atoms with Crippen LogP contribution >= 0.6 is 0 Å². The quantitative estimate of drug-likeness (QED) is 0.310. The van der Waals surface area contributed by atoms with Crippen molar-refractivity contribution >= 4 is 34.1 Å². The average Bonchev–Trinajstić information content (AvgIpc) is 3.05.